The molecule has 1 aliphatic carbocycles. The highest BCUT2D eigenvalue weighted by Crippen LogP contribution is 2.29. The number of hydrogen-bond acceptors (Lipinski definition) is 4. The van der Waals surface area contributed by atoms with Crippen LogP contribution in [0.25, 0.3) is 0 Å². The molecule has 21 heavy (non-hydrogen) atoms. The molecular formula is C17H22O4. The van der Waals surface area contributed by atoms with Crippen molar-refractivity contribution in [2.24, 2.45) is 5.92 Å². The summed E-state index contributed by atoms with van der Waals surface area (Å²) in [7, 11) is 0. The third-order valence-electron chi connectivity index (χ3n) is 3.83. The Labute approximate surface area is 125 Å². The molecule has 1 unspecified atom stereocenters. The molecule has 1 aliphatic rings. The van der Waals surface area contributed by atoms with E-state index >= 15 is 0 Å². The number of esters is 2. The van der Waals surface area contributed by atoms with Gasteiger partial charge in [0.2, 0.25) is 6.10 Å². The second kappa shape index (κ2) is 7.81. The minimum absolute atomic E-state index is 0.0888. The van der Waals surface area contributed by atoms with Gasteiger partial charge in [0, 0.05) is 12.8 Å². The third kappa shape index (κ3) is 4.88. The van der Waals surface area contributed by atoms with Crippen molar-refractivity contribution in [3.05, 3.63) is 35.9 Å². The van der Waals surface area contributed by atoms with Crippen LogP contribution >= 0.6 is 0 Å². The molecule has 1 fully saturated rings. The summed E-state index contributed by atoms with van der Waals surface area (Å²) in [6.45, 7) is 1.55. The van der Waals surface area contributed by atoms with E-state index in [1.807, 2.05) is 30.3 Å². The summed E-state index contributed by atoms with van der Waals surface area (Å²) >= 11 is 0. The minimum Gasteiger partial charge on any atom is -0.458 e. The number of benzene rings is 1. The molecule has 1 aromatic carbocycles. The molecule has 1 atom stereocenters. The fourth-order valence-corrected chi connectivity index (χ4v) is 2.76. The molecule has 4 nitrogen and oxygen atoms in total. The van der Waals surface area contributed by atoms with Gasteiger partial charge in [-0.1, -0.05) is 49.6 Å². The summed E-state index contributed by atoms with van der Waals surface area (Å²) in [5.74, 6) is -0.769. The van der Waals surface area contributed by atoms with Crippen LogP contribution in [-0.2, 0) is 25.7 Å². The van der Waals surface area contributed by atoms with Crippen molar-refractivity contribution in [3.63, 3.8) is 0 Å². The fraction of sp³-hybridized carbons (Fsp3) is 0.529. The Balaban J connectivity index is 1.94. The molecule has 0 N–H and O–H groups in total. The molecule has 0 saturated heterocycles. The molecule has 0 amide bonds. The van der Waals surface area contributed by atoms with Crippen molar-refractivity contribution < 1.29 is 19.1 Å². The normalized spacial score (nSPS) is 17.0. The van der Waals surface area contributed by atoms with Gasteiger partial charge < -0.3 is 9.47 Å². The van der Waals surface area contributed by atoms with Crippen molar-refractivity contribution in [1.29, 1.82) is 0 Å². The quantitative estimate of drug-likeness (QED) is 0.781. The van der Waals surface area contributed by atoms with Gasteiger partial charge in [-0.05, 0) is 18.4 Å². The maximum atomic E-state index is 12.3. The Hall–Kier alpha value is -1.84. The molecule has 4 heteroatoms. The first-order chi connectivity index (χ1) is 10.2. The SMILES string of the molecule is CC(=O)OC(C(=O)OCc1ccccc1)C1CCCCC1. The van der Waals surface area contributed by atoms with E-state index in [0.717, 1.165) is 31.2 Å². The lowest BCUT2D eigenvalue weighted by Crippen LogP contribution is -2.36. The predicted molar refractivity (Wildman–Crippen MR) is 78.4 cm³/mol. The Morgan fingerprint density at radius 1 is 1.14 bits per heavy atom. The van der Waals surface area contributed by atoms with Gasteiger partial charge in [0.1, 0.15) is 6.61 Å². The highest BCUT2D eigenvalue weighted by molar-refractivity contribution is 5.79. The predicted octanol–water partition coefficient (Wildman–Crippen LogP) is 3.24. The van der Waals surface area contributed by atoms with Crippen LogP contribution in [0.5, 0.6) is 0 Å². The minimum atomic E-state index is -0.758. The summed E-state index contributed by atoms with van der Waals surface area (Å²) in [4.78, 5) is 23.5. The molecule has 0 heterocycles. The van der Waals surface area contributed by atoms with Crippen LogP contribution in [0.3, 0.4) is 0 Å². The molecule has 0 aliphatic heterocycles. The first-order valence-electron chi connectivity index (χ1n) is 7.54. The number of ether oxygens (including phenoxy) is 2. The Morgan fingerprint density at radius 2 is 1.81 bits per heavy atom. The fourth-order valence-electron chi connectivity index (χ4n) is 2.76. The van der Waals surface area contributed by atoms with Crippen LogP contribution in [0.1, 0.15) is 44.6 Å². The highest BCUT2D eigenvalue weighted by Gasteiger charge is 2.33. The van der Waals surface area contributed by atoms with E-state index in [-0.39, 0.29) is 12.5 Å². The lowest BCUT2D eigenvalue weighted by molar-refractivity contribution is -0.172. The summed E-state index contributed by atoms with van der Waals surface area (Å²) < 4.78 is 10.6. The van der Waals surface area contributed by atoms with E-state index in [9.17, 15) is 9.59 Å². The molecule has 1 saturated carbocycles. The lowest BCUT2D eigenvalue weighted by Gasteiger charge is -2.28. The first-order valence-corrected chi connectivity index (χ1v) is 7.54. The maximum absolute atomic E-state index is 12.3. The standard InChI is InChI=1S/C17H22O4/c1-13(18)21-16(15-10-6-3-7-11-15)17(19)20-12-14-8-4-2-5-9-14/h2,4-5,8-9,15-16H,3,6-7,10-12H2,1H3. The van der Waals surface area contributed by atoms with E-state index in [1.165, 1.54) is 13.3 Å². The Bertz CT molecular complexity index is 463. The molecule has 0 bridgehead atoms. The topological polar surface area (TPSA) is 52.6 Å². The molecule has 1 aromatic rings. The van der Waals surface area contributed by atoms with Gasteiger partial charge in [0.15, 0.2) is 0 Å². The zero-order valence-electron chi connectivity index (χ0n) is 12.4. The van der Waals surface area contributed by atoms with Gasteiger partial charge >= 0.3 is 11.9 Å². The number of carbonyl (C=O) groups excluding carboxylic acids is 2. The zero-order chi connectivity index (χ0) is 15.1. The van der Waals surface area contributed by atoms with Crippen LogP contribution in [0.4, 0.5) is 0 Å². The summed E-state index contributed by atoms with van der Waals surface area (Å²) in [5, 5.41) is 0. The van der Waals surface area contributed by atoms with Gasteiger partial charge in [-0.25, -0.2) is 4.79 Å². The largest absolute Gasteiger partial charge is 0.458 e. The third-order valence-corrected chi connectivity index (χ3v) is 3.83. The van der Waals surface area contributed by atoms with Crippen molar-refractivity contribution in [2.75, 3.05) is 0 Å². The van der Waals surface area contributed by atoms with Crippen LogP contribution in [0.2, 0.25) is 0 Å². The molecule has 0 aromatic heterocycles. The van der Waals surface area contributed by atoms with E-state index in [4.69, 9.17) is 9.47 Å². The molecule has 0 radical (unpaired) electrons. The van der Waals surface area contributed by atoms with Gasteiger partial charge in [0.05, 0.1) is 0 Å². The molecule has 0 spiro atoms. The molecule has 114 valence electrons. The average molecular weight is 290 g/mol. The number of carbonyl (C=O) groups is 2. The first kappa shape index (κ1) is 15.5. The second-order valence-electron chi connectivity index (χ2n) is 5.52. The summed E-state index contributed by atoms with van der Waals surface area (Å²) in [6.07, 6.45) is 4.41. The van der Waals surface area contributed by atoms with Crippen LogP contribution in [-0.4, -0.2) is 18.0 Å². The average Bonchev–Trinajstić information content (AvgIpc) is 2.52. The van der Waals surface area contributed by atoms with E-state index < -0.39 is 18.0 Å². The monoisotopic (exact) mass is 290 g/mol. The lowest BCUT2D eigenvalue weighted by atomic mass is 9.85. The Kier molecular flexibility index (Phi) is 5.78. The van der Waals surface area contributed by atoms with Crippen LogP contribution in [0.15, 0.2) is 30.3 Å². The van der Waals surface area contributed by atoms with Crippen molar-refractivity contribution in [1.82, 2.24) is 0 Å². The van der Waals surface area contributed by atoms with Crippen molar-refractivity contribution >= 4 is 11.9 Å². The van der Waals surface area contributed by atoms with E-state index in [0.29, 0.717) is 0 Å². The second-order valence-corrected chi connectivity index (χ2v) is 5.52. The van der Waals surface area contributed by atoms with Crippen molar-refractivity contribution in [2.45, 2.75) is 51.7 Å². The Morgan fingerprint density at radius 3 is 2.43 bits per heavy atom. The van der Waals surface area contributed by atoms with E-state index in [1.54, 1.807) is 0 Å². The van der Waals surface area contributed by atoms with Crippen molar-refractivity contribution in [3.8, 4) is 0 Å². The maximum Gasteiger partial charge on any atom is 0.348 e. The van der Waals surface area contributed by atoms with Gasteiger partial charge in [-0.15, -0.1) is 0 Å². The highest BCUT2D eigenvalue weighted by atomic mass is 16.6. The van der Waals surface area contributed by atoms with Crippen LogP contribution in [0, 0.1) is 5.92 Å². The number of hydrogen-bond donors (Lipinski definition) is 0. The van der Waals surface area contributed by atoms with Gasteiger partial charge in [-0.3, -0.25) is 4.79 Å². The molecular weight excluding hydrogens is 268 g/mol. The van der Waals surface area contributed by atoms with E-state index in [2.05, 4.69) is 0 Å². The summed E-state index contributed by atoms with van der Waals surface area (Å²) in [6, 6.07) is 9.50. The number of rotatable bonds is 5. The van der Waals surface area contributed by atoms with Gasteiger partial charge in [0.25, 0.3) is 0 Å². The smallest absolute Gasteiger partial charge is 0.348 e. The van der Waals surface area contributed by atoms with Crippen LogP contribution < -0.4 is 0 Å². The van der Waals surface area contributed by atoms with Gasteiger partial charge in [-0.2, -0.15) is 0 Å². The summed E-state index contributed by atoms with van der Waals surface area (Å²) in [5.41, 5.74) is 0.927. The zero-order valence-corrected chi connectivity index (χ0v) is 12.4. The molecule has 2 rings (SSSR count).